The van der Waals surface area contributed by atoms with Gasteiger partial charge in [0.2, 0.25) is 0 Å². The van der Waals surface area contributed by atoms with Gasteiger partial charge in [0.25, 0.3) is 0 Å². The molecule has 0 saturated heterocycles. The van der Waals surface area contributed by atoms with Gasteiger partial charge in [-0.1, -0.05) is 19.9 Å². The van der Waals surface area contributed by atoms with Crippen molar-refractivity contribution in [2.75, 3.05) is 13.7 Å². The Hall–Kier alpha value is -1.64. The third-order valence-electron chi connectivity index (χ3n) is 3.91. The SMILES string of the molecule is CCOC1=CC(=NC)C=C2C(CC)=CC(C)(CC)N=C12. The Labute approximate surface area is 121 Å². The third-order valence-corrected chi connectivity index (χ3v) is 3.91. The average Bonchev–Trinajstić information content (AvgIpc) is 2.47. The Morgan fingerprint density at radius 1 is 1.25 bits per heavy atom. The number of nitrogens with zero attached hydrogens (tertiary/aromatic N) is 2. The molecule has 0 spiro atoms. The maximum Gasteiger partial charge on any atom is 0.147 e. The minimum absolute atomic E-state index is 0.130. The highest BCUT2D eigenvalue weighted by Gasteiger charge is 2.31. The first kappa shape index (κ1) is 14.8. The van der Waals surface area contributed by atoms with Crippen LogP contribution in [0.3, 0.4) is 0 Å². The van der Waals surface area contributed by atoms with Gasteiger partial charge < -0.3 is 4.74 Å². The van der Waals surface area contributed by atoms with Crippen LogP contribution in [-0.2, 0) is 4.74 Å². The molecule has 1 atom stereocenters. The van der Waals surface area contributed by atoms with Gasteiger partial charge in [-0.25, -0.2) is 0 Å². The highest BCUT2D eigenvalue weighted by atomic mass is 16.5. The number of allylic oxidation sites excluding steroid dienone is 4. The molecule has 0 aromatic heterocycles. The Bertz CT molecular complexity index is 549. The molecule has 1 aliphatic carbocycles. The molecule has 0 bridgehead atoms. The Kier molecular flexibility index (Phi) is 4.26. The van der Waals surface area contributed by atoms with Gasteiger partial charge in [-0.15, -0.1) is 0 Å². The van der Waals surface area contributed by atoms with Crippen molar-refractivity contribution in [1.82, 2.24) is 0 Å². The standard InChI is InChI=1S/C17H24N2O/c1-6-12-11-17(4,7-2)19-16-14(12)9-13(18-5)10-15(16)20-8-3/h9-11H,6-8H2,1-5H3. The van der Waals surface area contributed by atoms with E-state index < -0.39 is 0 Å². The average molecular weight is 272 g/mol. The molecule has 1 heterocycles. The monoisotopic (exact) mass is 272 g/mol. The van der Waals surface area contributed by atoms with Crippen LogP contribution < -0.4 is 0 Å². The van der Waals surface area contributed by atoms with Gasteiger partial charge in [-0.3, -0.25) is 9.98 Å². The van der Waals surface area contributed by atoms with E-state index in [1.807, 2.05) is 20.0 Å². The number of rotatable bonds is 4. The van der Waals surface area contributed by atoms with Gasteiger partial charge in [0.05, 0.1) is 17.9 Å². The first-order valence-electron chi connectivity index (χ1n) is 7.42. The second-order valence-electron chi connectivity index (χ2n) is 5.34. The first-order chi connectivity index (χ1) is 9.56. The molecule has 20 heavy (non-hydrogen) atoms. The topological polar surface area (TPSA) is 34.0 Å². The molecule has 1 aliphatic heterocycles. The molecular formula is C17H24N2O. The summed E-state index contributed by atoms with van der Waals surface area (Å²) in [7, 11) is 1.81. The van der Waals surface area contributed by atoms with Crippen LogP contribution in [0.1, 0.15) is 40.5 Å². The van der Waals surface area contributed by atoms with Crippen molar-refractivity contribution in [3.8, 4) is 0 Å². The van der Waals surface area contributed by atoms with Crippen molar-refractivity contribution >= 4 is 11.4 Å². The van der Waals surface area contributed by atoms with E-state index in [1.165, 1.54) is 11.1 Å². The molecule has 0 amide bonds. The number of fused-ring (bicyclic) bond motifs is 1. The van der Waals surface area contributed by atoms with E-state index in [1.54, 1.807) is 0 Å². The van der Waals surface area contributed by atoms with Crippen molar-refractivity contribution in [1.29, 1.82) is 0 Å². The lowest BCUT2D eigenvalue weighted by atomic mass is 9.83. The first-order valence-corrected chi connectivity index (χ1v) is 7.42. The summed E-state index contributed by atoms with van der Waals surface area (Å²) < 4.78 is 5.80. The van der Waals surface area contributed by atoms with E-state index in [-0.39, 0.29) is 5.54 Å². The van der Waals surface area contributed by atoms with Crippen molar-refractivity contribution in [3.63, 3.8) is 0 Å². The lowest BCUT2D eigenvalue weighted by Crippen LogP contribution is -2.30. The predicted octanol–water partition coefficient (Wildman–Crippen LogP) is 3.88. The van der Waals surface area contributed by atoms with E-state index in [0.29, 0.717) is 6.61 Å². The summed E-state index contributed by atoms with van der Waals surface area (Å²) in [5.74, 6) is 0.851. The molecule has 1 unspecified atom stereocenters. The predicted molar refractivity (Wildman–Crippen MR) is 85.7 cm³/mol. The minimum atomic E-state index is -0.130. The summed E-state index contributed by atoms with van der Waals surface area (Å²) >= 11 is 0. The lowest BCUT2D eigenvalue weighted by Gasteiger charge is -2.32. The van der Waals surface area contributed by atoms with Crippen LogP contribution in [0, 0.1) is 0 Å². The summed E-state index contributed by atoms with van der Waals surface area (Å²) in [6.07, 6.45) is 8.38. The van der Waals surface area contributed by atoms with Crippen molar-refractivity contribution in [3.05, 3.63) is 35.1 Å². The van der Waals surface area contributed by atoms with Crippen LogP contribution in [0.5, 0.6) is 0 Å². The largest absolute Gasteiger partial charge is 0.492 e. The van der Waals surface area contributed by atoms with Crippen LogP contribution >= 0.6 is 0 Å². The Morgan fingerprint density at radius 3 is 2.55 bits per heavy atom. The lowest BCUT2D eigenvalue weighted by molar-refractivity contribution is 0.249. The zero-order chi connectivity index (χ0) is 14.8. The molecule has 0 fully saturated rings. The number of hydrogen-bond donors (Lipinski definition) is 0. The fourth-order valence-electron chi connectivity index (χ4n) is 2.56. The molecule has 2 rings (SSSR count). The molecule has 0 radical (unpaired) electrons. The summed E-state index contributed by atoms with van der Waals surface area (Å²) in [6.45, 7) is 9.19. The molecule has 0 aromatic rings. The van der Waals surface area contributed by atoms with Gasteiger partial charge >= 0.3 is 0 Å². The maximum atomic E-state index is 5.80. The number of dihydropyridines is 1. The van der Waals surface area contributed by atoms with Gasteiger partial charge in [-0.2, -0.15) is 0 Å². The quantitative estimate of drug-likeness (QED) is 0.715. The normalized spacial score (nSPS) is 27.4. The fourth-order valence-corrected chi connectivity index (χ4v) is 2.56. The van der Waals surface area contributed by atoms with Crippen molar-refractivity contribution < 1.29 is 4.74 Å². The van der Waals surface area contributed by atoms with Crippen LogP contribution in [0.25, 0.3) is 0 Å². The summed E-state index contributed by atoms with van der Waals surface area (Å²) in [6, 6.07) is 0. The number of ether oxygens (including phenoxy) is 1. The summed E-state index contributed by atoms with van der Waals surface area (Å²) in [5.41, 5.74) is 4.32. The maximum absolute atomic E-state index is 5.80. The highest BCUT2D eigenvalue weighted by molar-refractivity contribution is 6.25. The van der Waals surface area contributed by atoms with Gasteiger partial charge in [0, 0.05) is 18.7 Å². The van der Waals surface area contributed by atoms with Gasteiger partial charge in [0.1, 0.15) is 11.5 Å². The summed E-state index contributed by atoms with van der Waals surface area (Å²) in [5, 5.41) is 0. The number of hydrogen-bond acceptors (Lipinski definition) is 3. The third kappa shape index (κ3) is 2.62. The van der Waals surface area contributed by atoms with Crippen molar-refractivity contribution in [2.24, 2.45) is 9.98 Å². The van der Waals surface area contributed by atoms with Crippen LogP contribution in [0.2, 0.25) is 0 Å². The molecule has 0 N–H and O–H groups in total. The zero-order valence-electron chi connectivity index (χ0n) is 13.2. The highest BCUT2D eigenvalue weighted by Crippen LogP contribution is 2.34. The second kappa shape index (κ2) is 5.78. The van der Waals surface area contributed by atoms with Gasteiger partial charge in [0.15, 0.2) is 0 Å². The Balaban J connectivity index is 2.56. The van der Waals surface area contributed by atoms with E-state index in [4.69, 9.17) is 9.73 Å². The number of aliphatic imine (C=N–C) groups is 2. The van der Waals surface area contributed by atoms with E-state index in [0.717, 1.165) is 30.0 Å². The van der Waals surface area contributed by atoms with E-state index in [2.05, 4.69) is 37.9 Å². The van der Waals surface area contributed by atoms with Crippen molar-refractivity contribution in [2.45, 2.75) is 46.1 Å². The summed E-state index contributed by atoms with van der Waals surface area (Å²) in [4.78, 5) is 9.24. The van der Waals surface area contributed by atoms with E-state index >= 15 is 0 Å². The minimum Gasteiger partial charge on any atom is -0.492 e. The molecule has 0 saturated carbocycles. The molecule has 108 valence electrons. The molecular weight excluding hydrogens is 248 g/mol. The second-order valence-corrected chi connectivity index (χ2v) is 5.34. The van der Waals surface area contributed by atoms with E-state index in [9.17, 15) is 0 Å². The Morgan fingerprint density at radius 2 is 2.00 bits per heavy atom. The van der Waals surface area contributed by atoms with Crippen LogP contribution in [-0.4, -0.2) is 30.6 Å². The van der Waals surface area contributed by atoms with Gasteiger partial charge in [-0.05, 0) is 38.3 Å². The molecule has 0 aromatic carbocycles. The fraction of sp³-hybridized carbons (Fsp3) is 0.529. The van der Waals surface area contributed by atoms with Crippen LogP contribution in [0.15, 0.2) is 45.1 Å². The molecule has 2 aliphatic rings. The zero-order valence-corrected chi connectivity index (χ0v) is 13.2. The smallest absolute Gasteiger partial charge is 0.147 e. The molecule has 3 nitrogen and oxygen atoms in total. The molecule has 3 heteroatoms. The van der Waals surface area contributed by atoms with Crippen LogP contribution in [0.4, 0.5) is 0 Å².